The standard InChI is InChI=1S/C21H18Cl2N2O3/c22-14-3-1-4-16(11-14)25-21-18(20(26)24-12-17-5-2-8-27-17)10-13-9-15(23)6-7-19(13)28-21/h1,3-4,6-7,9-11,17H,2,5,8,12H2,(H,24,26)/t17-/m1/s1. The van der Waals surface area contributed by atoms with E-state index in [0.29, 0.717) is 33.4 Å². The predicted octanol–water partition coefficient (Wildman–Crippen LogP) is 4.88. The molecule has 1 fully saturated rings. The van der Waals surface area contributed by atoms with Crippen molar-refractivity contribution in [2.24, 2.45) is 4.99 Å². The second kappa shape index (κ2) is 8.35. The van der Waals surface area contributed by atoms with Crippen LogP contribution in [0.15, 0.2) is 57.9 Å². The molecule has 144 valence electrons. The van der Waals surface area contributed by atoms with Gasteiger partial charge in [0, 0.05) is 28.6 Å². The molecule has 1 aliphatic heterocycles. The van der Waals surface area contributed by atoms with E-state index in [1.807, 2.05) is 0 Å². The molecule has 1 N–H and O–H groups in total. The van der Waals surface area contributed by atoms with E-state index in [9.17, 15) is 4.79 Å². The SMILES string of the molecule is O=C(NC[C@H]1CCCO1)c1cc2cc(Cl)ccc2oc1=Nc1cccc(Cl)c1. The number of amides is 1. The molecule has 2 heterocycles. The molecule has 5 nitrogen and oxygen atoms in total. The van der Waals surface area contributed by atoms with E-state index in [1.165, 1.54) is 0 Å². The van der Waals surface area contributed by atoms with Crippen LogP contribution in [0.5, 0.6) is 0 Å². The molecule has 3 aromatic rings. The molecule has 0 unspecified atom stereocenters. The third-order valence-electron chi connectivity index (χ3n) is 4.51. The number of hydrogen-bond donors (Lipinski definition) is 1. The maximum atomic E-state index is 12.9. The van der Waals surface area contributed by atoms with E-state index < -0.39 is 0 Å². The Labute approximate surface area is 171 Å². The van der Waals surface area contributed by atoms with Crippen LogP contribution in [0.1, 0.15) is 23.2 Å². The summed E-state index contributed by atoms with van der Waals surface area (Å²) in [6, 6.07) is 14.0. The largest absolute Gasteiger partial charge is 0.438 e. The molecule has 4 rings (SSSR count). The highest BCUT2D eigenvalue weighted by Gasteiger charge is 2.18. The summed E-state index contributed by atoms with van der Waals surface area (Å²) in [7, 11) is 0. The van der Waals surface area contributed by atoms with Gasteiger partial charge in [-0.25, -0.2) is 4.99 Å². The lowest BCUT2D eigenvalue weighted by Gasteiger charge is -2.11. The first-order chi connectivity index (χ1) is 13.6. The number of ether oxygens (including phenoxy) is 1. The summed E-state index contributed by atoms with van der Waals surface area (Å²) >= 11 is 12.1. The number of fused-ring (bicyclic) bond motifs is 1. The number of halogens is 2. The van der Waals surface area contributed by atoms with Crippen molar-refractivity contribution < 1.29 is 13.9 Å². The minimum atomic E-state index is -0.276. The van der Waals surface area contributed by atoms with Gasteiger partial charge in [-0.05, 0) is 55.3 Å². The van der Waals surface area contributed by atoms with Gasteiger partial charge in [-0.15, -0.1) is 0 Å². The van der Waals surface area contributed by atoms with Crippen molar-refractivity contribution in [1.82, 2.24) is 5.32 Å². The molecular weight excluding hydrogens is 399 g/mol. The Morgan fingerprint density at radius 2 is 2.00 bits per heavy atom. The van der Waals surface area contributed by atoms with Gasteiger partial charge in [-0.3, -0.25) is 4.79 Å². The molecule has 0 radical (unpaired) electrons. The van der Waals surface area contributed by atoms with Crippen LogP contribution in [-0.2, 0) is 4.74 Å². The van der Waals surface area contributed by atoms with Crippen molar-refractivity contribution in [3.8, 4) is 0 Å². The molecule has 1 atom stereocenters. The van der Waals surface area contributed by atoms with Crippen LogP contribution in [0, 0.1) is 0 Å². The zero-order chi connectivity index (χ0) is 19.5. The molecule has 2 aromatic carbocycles. The quantitative estimate of drug-likeness (QED) is 0.658. The monoisotopic (exact) mass is 416 g/mol. The van der Waals surface area contributed by atoms with Gasteiger partial charge in [0.25, 0.3) is 5.91 Å². The predicted molar refractivity (Wildman–Crippen MR) is 109 cm³/mol. The third-order valence-corrected chi connectivity index (χ3v) is 4.98. The van der Waals surface area contributed by atoms with Crippen LogP contribution in [0.3, 0.4) is 0 Å². The normalized spacial score (nSPS) is 17.2. The van der Waals surface area contributed by atoms with Crippen molar-refractivity contribution in [2.75, 3.05) is 13.2 Å². The summed E-state index contributed by atoms with van der Waals surface area (Å²) in [5.74, 6) is -0.276. The first kappa shape index (κ1) is 19.0. The molecule has 28 heavy (non-hydrogen) atoms. The number of benzene rings is 2. The summed E-state index contributed by atoms with van der Waals surface area (Å²) in [5, 5.41) is 4.75. The van der Waals surface area contributed by atoms with Gasteiger partial charge in [0.1, 0.15) is 11.1 Å². The molecule has 7 heteroatoms. The van der Waals surface area contributed by atoms with Crippen molar-refractivity contribution in [3.63, 3.8) is 0 Å². The topological polar surface area (TPSA) is 63.8 Å². The first-order valence-electron chi connectivity index (χ1n) is 9.02. The molecule has 0 bridgehead atoms. The van der Waals surface area contributed by atoms with Crippen molar-refractivity contribution >= 4 is 45.8 Å². The summed E-state index contributed by atoms with van der Waals surface area (Å²) < 4.78 is 11.5. The fourth-order valence-corrected chi connectivity index (χ4v) is 3.48. The maximum absolute atomic E-state index is 12.9. The molecule has 1 aliphatic rings. The van der Waals surface area contributed by atoms with Gasteiger partial charge in [-0.2, -0.15) is 0 Å². The van der Waals surface area contributed by atoms with E-state index in [0.717, 1.165) is 24.8 Å². The maximum Gasteiger partial charge on any atom is 0.256 e. The van der Waals surface area contributed by atoms with Crippen LogP contribution in [0.4, 0.5) is 5.69 Å². The number of carbonyl (C=O) groups is 1. The van der Waals surface area contributed by atoms with Crippen LogP contribution in [0.2, 0.25) is 10.0 Å². The number of nitrogens with one attached hydrogen (secondary N) is 1. The second-order valence-corrected chi connectivity index (χ2v) is 7.46. The van der Waals surface area contributed by atoms with E-state index >= 15 is 0 Å². The smallest absolute Gasteiger partial charge is 0.256 e. The summed E-state index contributed by atoms with van der Waals surface area (Å²) in [6.07, 6.45) is 2.00. The molecule has 1 saturated heterocycles. The Hall–Kier alpha value is -2.34. The summed E-state index contributed by atoms with van der Waals surface area (Å²) in [6.45, 7) is 1.18. The lowest BCUT2D eigenvalue weighted by molar-refractivity contribution is 0.0854. The second-order valence-electron chi connectivity index (χ2n) is 6.58. The van der Waals surface area contributed by atoms with Crippen molar-refractivity contribution in [1.29, 1.82) is 0 Å². The van der Waals surface area contributed by atoms with Gasteiger partial charge in [0.05, 0.1) is 11.8 Å². The molecule has 0 aliphatic carbocycles. The lowest BCUT2D eigenvalue weighted by Crippen LogP contribution is -2.34. The number of carbonyl (C=O) groups excluding carboxylic acids is 1. The van der Waals surface area contributed by atoms with E-state index in [2.05, 4.69) is 10.3 Å². The zero-order valence-electron chi connectivity index (χ0n) is 15.0. The average molecular weight is 417 g/mol. The van der Waals surface area contributed by atoms with Crippen LogP contribution < -0.4 is 10.9 Å². The van der Waals surface area contributed by atoms with Crippen molar-refractivity contribution in [2.45, 2.75) is 18.9 Å². The molecule has 0 saturated carbocycles. The third kappa shape index (κ3) is 4.38. The molecule has 1 amide bonds. The zero-order valence-corrected chi connectivity index (χ0v) is 16.5. The van der Waals surface area contributed by atoms with E-state index in [-0.39, 0.29) is 17.6 Å². The van der Waals surface area contributed by atoms with Gasteiger partial charge in [-0.1, -0.05) is 29.3 Å². The Balaban J connectivity index is 1.76. The fraction of sp³-hybridized carbons (Fsp3) is 0.238. The van der Waals surface area contributed by atoms with E-state index in [1.54, 1.807) is 48.5 Å². The highest BCUT2D eigenvalue weighted by molar-refractivity contribution is 6.31. The number of rotatable bonds is 4. The molecular formula is C21H18Cl2N2O3. The van der Waals surface area contributed by atoms with Gasteiger partial charge in [0.15, 0.2) is 0 Å². The molecule has 0 spiro atoms. The van der Waals surface area contributed by atoms with Gasteiger partial charge < -0.3 is 14.5 Å². The molecule has 1 aromatic heterocycles. The van der Waals surface area contributed by atoms with Gasteiger partial charge >= 0.3 is 0 Å². The Kier molecular flexibility index (Phi) is 5.67. The average Bonchev–Trinajstić information content (AvgIpc) is 3.19. The van der Waals surface area contributed by atoms with Crippen LogP contribution in [-0.4, -0.2) is 25.2 Å². The first-order valence-corrected chi connectivity index (χ1v) is 9.77. The summed E-state index contributed by atoms with van der Waals surface area (Å²) in [5.41, 5.74) is 1.72. The Morgan fingerprint density at radius 3 is 2.79 bits per heavy atom. The van der Waals surface area contributed by atoms with Crippen LogP contribution in [0.25, 0.3) is 11.0 Å². The Morgan fingerprint density at radius 1 is 1.14 bits per heavy atom. The van der Waals surface area contributed by atoms with Gasteiger partial charge in [0.2, 0.25) is 5.55 Å². The van der Waals surface area contributed by atoms with Crippen molar-refractivity contribution in [3.05, 3.63) is 69.7 Å². The minimum absolute atomic E-state index is 0.0455. The van der Waals surface area contributed by atoms with E-state index in [4.69, 9.17) is 32.4 Å². The number of hydrogen-bond acceptors (Lipinski definition) is 4. The summed E-state index contributed by atoms with van der Waals surface area (Å²) in [4.78, 5) is 17.4. The highest BCUT2D eigenvalue weighted by Crippen LogP contribution is 2.21. The minimum Gasteiger partial charge on any atom is -0.438 e. The number of nitrogens with zero attached hydrogens (tertiary/aromatic N) is 1. The Bertz CT molecular complexity index is 1090. The van der Waals surface area contributed by atoms with Crippen LogP contribution >= 0.6 is 23.2 Å². The fourth-order valence-electron chi connectivity index (χ4n) is 3.12. The highest BCUT2D eigenvalue weighted by atomic mass is 35.5. The lowest BCUT2D eigenvalue weighted by atomic mass is 10.1.